The van der Waals surface area contributed by atoms with Gasteiger partial charge in [-0.15, -0.1) is 0 Å². The van der Waals surface area contributed by atoms with Crippen LogP contribution in [0.3, 0.4) is 0 Å². The van der Waals surface area contributed by atoms with E-state index in [-0.39, 0.29) is 19.0 Å². The highest BCUT2D eigenvalue weighted by molar-refractivity contribution is 6.30. The first-order valence-corrected chi connectivity index (χ1v) is 5.56. The molecule has 0 aliphatic rings. The summed E-state index contributed by atoms with van der Waals surface area (Å²) < 4.78 is 0. The summed E-state index contributed by atoms with van der Waals surface area (Å²) in [6.45, 7) is -0.265. The number of aliphatic carboxylic acids is 1. The van der Waals surface area contributed by atoms with Crippen molar-refractivity contribution in [2.45, 2.75) is 0 Å². The molecule has 98 valence electrons. The number of carbonyl (C=O) groups excluding carboxylic acids is 1. The van der Waals surface area contributed by atoms with Crippen LogP contribution in [0.15, 0.2) is 18.3 Å². The summed E-state index contributed by atoms with van der Waals surface area (Å²) in [5, 5.41) is 9.10. The summed E-state index contributed by atoms with van der Waals surface area (Å²) in [5.74, 6) is -0.744. The van der Waals surface area contributed by atoms with Crippen LogP contribution in [-0.4, -0.2) is 54.1 Å². The number of hydrogen-bond donors (Lipinski definition) is 1. The Morgan fingerprint density at radius 1 is 1.33 bits per heavy atom. The number of amides is 1. The minimum Gasteiger partial charge on any atom is -0.480 e. The van der Waals surface area contributed by atoms with Crippen molar-refractivity contribution in [1.82, 2.24) is 9.88 Å². The SMILES string of the molecule is CN(CC(=O)O)C(=O)CN(C)c1ccc(Cl)cn1. The highest BCUT2D eigenvalue weighted by Gasteiger charge is 2.14. The number of rotatable bonds is 5. The van der Waals surface area contributed by atoms with Crippen molar-refractivity contribution in [1.29, 1.82) is 0 Å². The molecular formula is C11H14ClN3O3. The Balaban J connectivity index is 2.59. The van der Waals surface area contributed by atoms with E-state index in [9.17, 15) is 9.59 Å². The molecular weight excluding hydrogens is 258 g/mol. The van der Waals surface area contributed by atoms with E-state index in [1.165, 1.54) is 13.2 Å². The quantitative estimate of drug-likeness (QED) is 0.854. The number of pyridine rings is 1. The Kier molecular flexibility index (Phi) is 4.91. The zero-order valence-electron chi connectivity index (χ0n) is 10.1. The predicted molar refractivity (Wildman–Crippen MR) is 67.8 cm³/mol. The maximum atomic E-state index is 11.7. The second-order valence-corrected chi connectivity index (χ2v) is 4.27. The van der Waals surface area contributed by atoms with Crippen molar-refractivity contribution in [2.75, 3.05) is 32.1 Å². The molecule has 0 radical (unpaired) electrons. The van der Waals surface area contributed by atoms with Gasteiger partial charge in [-0.05, 0) is 12.1 Å². The molecule has 0 saturated carbocycles. The third-order valence-electron chi connectivity index (χ3n) is 2.27. The molecule has 0 spiro atoms. The van der Waals surface area contributed by atoms with Crippen molar-refractivity contribution >= 4 is 29.3 Å². The highest BCUT2D eigenvalue weighted by atomic mass is 35.5. The standard InChI is InChI=1S/C11H14ClN3O3/c1-14(9-4-3-8(12)5-13-9)6-10(16)15(2)7-11(17)18/h3-5H,6-7H2,1-2H3,(H,17,18). The fourth-order valence-electron chi connectivity index (χ4n) is 1.29. The van der Waals surface area contributed by atoms with Crippen LogP contribution in [0.25, 0.3) is 0 Å². The highest BCUT2D eigenvalue weighted by Crippen LogP contribution is 2.12. The average Bonchev–Trinajstić information content (AvgIpc) is 2.28. The molecule has 1 aromatic rings. The van der Waals surface area contributed by atoms with Gasteiger partial charge in [0, 0.05) is 20.3 Å². The topological polar surface area (TPSA) is 73.7 Å². The van der Waals surface area contributed by atoms with Gasteiger partial charge < -0.3 is 14.9 Å². The summed E-state index contributed by atoms with van der Waals surface area (Å²) in [4.78, 5) is 29.0. The molecule has 0 aliphatic heterocycles. The van der Waals surface area contributed by atoms with Crippen LogP contribution in [0.4, 0.5) is 5.82 Å². The number of halogens is 1. The van der Waals surface area contributed by atoms with Gasteiger partial charge in [-0.2, -0.15) is 0 Å². The Bertz CT molecular complexity index is 436. The second kappa shape index (κ2) is 6.20. The lowest BCUT2D eigenvalue weighted by atomic mass is 10.4. The van der Waals surface area contributed by atoms with Gasteiger partial charge in [0.05, 0.1) is 11.6 Å². The summed E-state index contributed by atoms with van der Waals surface area (Å²) in [5.41, 5.74) is 0. The van der Waals surface area contributed by atoms with Gasteiger partial charge in [0.1, 0.15) is 12.4 Å². The van der Waals surface area contributed by atoms with Crippen molar-refractivity contribution in [3.63, 3.8) is 0 Å². The third kappa shape index (κ3) is 4.21. The molecule has 0 bridgehead atoms. The van der Waals surface area contributed by atoms with Crippen molar-refractivity contribution in [3.05, 3.63) is 23.4 Å². The summed E-state index contributed by atoms with van der Waals surface area (Å²) in [6.07, 6.45) is 1.48. The first kappa shape index (κ1) is 14.2. The molecule has 0 aromatic carbocycles. The first-order valence-electron chi connectivity index (χ1n) is 5.18. The van der Waals surface area contributed by atoms with E-state index in [2.05, 4.69) is 4.98 Å². The van der Waals surface area contributed by atoms with Crippen molar-refractivity contribution in [2.24, 2.45) is 0 Å². The molecule has 0 unspecified atom stereocenters. The van der Waals surface area contributed by atoms with Crippen LogP contribution in [-0.2, 0) is 9.59 Å². The zero-order valence-corrected chi connectivity index (χ0v) is 10.9. The smallest absolute Gasteiger partial charge is 0.323 e. The number of nitrogens with zero attached hydrogens (tertiary/aromatic N) is 3. The Labute approximate surface area is 110 Å². The summed E-state index contributed by atoms with van der Waals surface area (Å²) in [7, 11) is 3.14. The maximum Gasteiger partial charge on any atom is 0.323 e. The van der Waals surface area contributed by atoms with E-state index < -0.39 is 5.97 Å². The van der Waals surface area contributed by atoms with Crippen molar-refractivity contribution in [3.8, 4) is 0 Å². The van der Waals surface area contributed by atoms with E-state index in [0.717, 1.165) is 4.90 Å². The number of aromatic nitrogens is 1. The van der Waals surface area contributed by atoms with Gasteiger partial charge >= 0.3 is 5.97 Å². The number of carboxylic acid groups (broad SMARTS) is 1. The Morgan fingerprint density at radius 3 is 2.50 bits per heavy atom. The minimum absolute atomic E-state index is 0.0540. The van der Waals surface area contributed by atoms with Crippen LogP contribution in [0, 0.1) is 0 Å². The van der Waals surface area contributed by atoms with E-state index in [0.29, 0.717) is 10.8 Å². The van der Waals surface area contributed by atoms with Gasteiger partial charge in [-0.3, -0.25) is 9.59 Å². The molecule has 1 N–H and O–H groups in total. The van der Waals surface area contributed by atoms with Gasteiger partial charge in [0.15, 0.2) is 0 Å². The summed E-state index contributed by atoms with van der Waals surface area (Å²) in [6, 6.07) is 3.36. The second-order valence-electron chi connectivity index (χ2n) is 3.83. The molecule has 18 heavy (non-hydrogen) atoms. The zero-order chi connectivity index (χ0) is 13.7. The first-order chi connectivity index (χ1) is 8.40. The Morgan fingerprint density at radius 2 is 2.00 bits per heavy atom. The number of hydrogen-bond acceptors (Lipinski definition) is 4. The van der Waals surface area contributed by atoms with Crippen LogP contribution in [0.2, 0.25) is 5.02 Å². The lowest BCUT2D eigenvalue weighted by molar-refractivity contribution is -0.142. The number of likely N-dealkylation sites (N-methyl/N-ethyl adjacent to an activating group) is 2. The molecule has 0 atom stereocenters. The molecule has 0 saturated heterocycles. The largest absolute Gasteiger partial charge is 0.480 e. The fraction of sp³-hybridized carbons (Fsp3) is 0.364. The van der Waals surface area contributed by atoms with Gasteiger partial charge in [-0.25, -0.2) is 4.98 Å². The van der Waals surface area contributed by atoms with Crippen LogP contribution < -0.4 is 4.90 Å². The number of anilines is 1. The van der Waals surface area contributed by atoms with E-state index >= 15 is 0 Å². The predicted octanol–water partition coefficient (Wildman–Crippen LogP) is 0.714. The van der Waals surface area contributed by atoms with Crippen LogP contribution in [0.5, 0.6) is 0 Å². The normalized spacial score (nSPS) is 9.94. The molecule has 0 fully saturated rings. The molecule has 1 rings (SSSR count). The molecule has 6 nitrogen and oxygen atoms in total. The van der Waals surface area contributed by atoms with Gasteiger partial charge in [0.2, 0.25) is 5.91 Å². The molecule has 0 aliphatic carbocycles. The van der Waals surface area contributed by atoms with Gasteiger partial charge in [-0.1, -0.05) is 11.6 Å². The van der Waals surface area contributed by atoms with Crippen LogP contribution in [0.1, 0.15) is 0 Å². The van der Waals surface area contributed by atoms with E-state index in [1.807, 2.05) is 0 Å². The van der Waals surface area contributed by atoms with Crippen molar-refractivity contribution < 1.29 is 14.7 Å². The number of carboxylic acids is 1. The lowest BCUT2D eigenvalue weighted by Gasteiger charge is -2.21. The van der Waals surface area contributed by atoms with Gasteiger partial charge in [0.25, 0.3) is 0 Å². The monoisotopic (exact) mass is 271 g/mol. The van der Waals surface area contributed by atoms with E-state index in [4.69, 9.17) is 16.7 Å². The summed E-state index contributed by atoms with van der Waals surface area (Å²) >= 11 is 5.71. The Hall–Kier alpha value is -1.82. The fourth-order valence-corrected chi connectivity index (χ4v) is 1.40. The molecule has 1 aromatic heterocycles. The third-order valence-corrected chi connectivity index (χ3v) is 2.50. The van der Waals surface area contributed by atoms with E-state index in [1.54, 1.807) is 24.1 Å². The maximum absolute atomic E-state index is 11.7. The number of carbonyl (C=O) groups is 2. The molecule has 7 heteroatoms. The van der Waals surface area contributed by atoms with Crippen LogP contribution >= 0.6 is 11.6 Å². The lowest BCUT2D eigenvalue weighted by Crippen LogP contribution is -2.39. The average molecular weight is 272 g/mol. The minimum atomic E-state index is -1.04. The molecule has 1 amide bonds. The molecule has 1 heterocycles.